The minimum atomic E-state index is -3.14. The first kappa shape index (κ1) is 19.4. The fraction of sp³-hybridized carbons (Fsp3) is 0.562. The fourth-order valence-electron chi connectivity index (χ4n) is 1.96. The standard InChI is InChI=1S/C16H25NO5S/c1-5-23(19,20)12-13(2)17(3)16(18)14-7-6-8-15(11-14)22-10-9-21-4/h6-8,11,13H,5,9-10,12H2,1-4H3/t13-/m0/s1. The van der Waals surface area contributed by atoms with Crippen LogP contribution in [0.1, 0.15) is 24.2 Å². The second-order valence-corrected chi connectivity index (χ2v) is 7.73. The van der Waals surface area contributed by atoms with Crippen LogP contribution in [0.2, 0.25) is 0 Å². The van der Waals surface area contributed by atoms with Crippen LogP contribution in [0.25, 0.3) is 0 Å². The summed E-state index contributed by atoms with van der Waals surface area (Å²) >= 11 is 0. The van der Waals surface area contributed by atoms with Crippen LogP contribution in [-0.2, 0) is 14.6 Å². The van der Waals surface area contributed by atoms with E-state index in [0.29, 0.717) is 24.5 Å². The number of methoxy groups -OCH3 is 1. The Hall–Kier alpha value is -1.60. The first-order valence-electron chi connectivity index (χ1n) is 7.50. The smallest absolute Gasteiger partial charge is 0.254 e. The van der Waals surface area contributed by atoms with Crippen LogP contribution in [0.3, 0.4) is 0 Å². The third-order valence-electron chi connectivity index (χ3n) is 3.55. The van der Waals surface area contributed by atoms with Gasteiger partial charge in [0.2, 0.25) is 0 Å². The summed E-state index contributed by atoms with van der Waals surface area (Å²) in [5.74, 6) is 0.369. The van der Waals surface area contributed by atoms with E-state index < -0.39 is 15.9 Å². The van der Waals surface area contributed by atoms with Gasteiger partial charge in [-0.1, -0.05) is 13.0 Å². The Morgan fingerprint density at radius 2 is 2.00 bits per heavy atom. The van der Waals surface area contributed by atoms with Gasteiger partial charge in [-0.25, -0.2) is 8.42 Å². The highest BCUT2D eigenvalue weighted by Crippen LogP contribution is 2.16. The maximum Gasteiger partial charge on any atom is 0.254 e. The van der Waals surface area contributed by atoms with E-state index in [2.05, 4.69) is 0 Å². The van der Waals surface area contributed by atoms with Crippen molar-refractivity contribution in [3.63, 3.8) is 0 Å². The molecule has 0 aliphatic heterocycles. The highest BCUT2D eigenvalue weighted by atomic mass is 32.2. The predicted octanol–water partition coefficient (Wildman–Crippen LogP) is 1.61. The molecule has 0 saturated carbocycles. The maximum atomic E-state index is 12.5. The van der Waals surface area contributed by atoms with Crippen molar-refractivity contribution in [2.45, 2.75) is 19.9 Å². The van der Waals surface area contributed by atoms with Crippen LogP contribution in [-0.4, -0.2) is 64.1 Å². The molecule has 1 amide bonds. The van der Waals surface area contributed by atoms with E-state index in [1.165, 1.54) is 4.90 Å². The highest BCUT2D eigenvalue weighted by Gasteiger charge is 2.22. The van der Waals surface area contributed by atoms with Gasteiger partial charge < -0.3 is 14.4 Å². The Kier molecular flexibility index (Phi) is 7.51. The van der Waals surface area contributed by atoms with Crippen LogP contribution in [0.15, 0.2) is 24.3 Å². The molecule has 0 saturated heterocycles. The maximum absolute atomic E-state index is 12.5. The van der Waals surface area contributed by atoms with Gasteiger partial charge in [-0.3, -0.25) is 4.79 Å². The molecule has 0 fully saturated rings. The molecule has 0 aliphatic carbocycles. The van der Waals surface area contributed by atoms with Crippen molar-refractivity contribution in [1.29, 1.82) is 0 Å². The minimum absolute atomic E-state index is 0.0459. The molecule has 7 heteroatoms. The number of carbonyl (C=O) groups is 1. The molecule has 6 nitrogen and oxygen atoms in total. The first-order chi connectivity index (χ1) is 10.8. The van der Waals surface area contributed by atoms with E-state index in [-0.39, 0.29) is 17.4 Å². The van der Waals surface area contributed by atoms with Crippen LogP contribution in [0, 0.1) is 0 Å². The van der Waals surface area contributed by atoms with Crippen molar-refractivity contribution in [2.24, 2.45) is 0 Å². The summed E-state index contributed by atoms with van der Waals surface area (Å²) in [5.41, 5.74) is 0.461. The van der Waals surface area contributed by atoms with Crippen LogP contribution in [0.4, 0.5) is 0 Å². The SMILES string of the molecule is CCS(=O)(=O)C[C@H](C)N(C)C(=O)c1cccc(OCCOC)c1. The number of carbonyl (C=O) groups excluding carboxylic acids is 1. The van der Waals surface area contributed by atoms with E-state index in [1.54, 1.807) is 52.3 Å². The monoisotopic (exact) mass is 343 g/mol. The Labute approximate surface area is 138 Å². The molecule has 0 bridgehead atoms. The fourth-order valence-corrected chi connectivity index (χ4v) is 3.16. The minimum Gasteiger partial charge on any atom is -0.491 e. The molecule has 23 heavy (non-hydrogen) atoms. The van der Waals surface area contributed by atoms with Gasteiger partial charge in [0.25, 0.3) is 5.91 Å². The summed E-state index contributed by atoms with van der Waals surface area (Å²) in [7, 11) is 0.0600. The van der Waals surface area contributed by atoms with Gasteiger partial charge in [0, 0.05) is 31.5 Å². The molecule has 1 rings (SSSR count). The van der Waals surface area contributed by atoms with Gasteiger partial charge >= 0.3 is 0 Å². The number of amides is 1. The number of ether oxygens (including phenoxy) is 2. The molecule has 0 radical (unpaired) electrons. The van der Waals surface area contributed by atoms with Crippen LogP contribution in [0.5, 0.6) is 5.75 Å². The topological polar surface area (TPSA) is 72.9 Å². The van der Waals surface area contributed by atoms with Crippen LogP contribution < -0.4 is 4.74 Å². The normalized spacial score (nSPS) is 12.7. The van der Waals surface area contributed by atoms with Crippen molar-refractivity contribution >= 4 is 15.7 Å². The summed E-state index contributed by atoms with van der Waals surface area (Å²) < 4.78 is 33.8. The van der Waals surface area contributed by atoms with Crippen molar-refractivity contribution < 1.29 is 22.7 Å². The average Bonchev–Trinajstić information content (AvgIpc) is 2.53. The van der Waals surface area contributed by atoms with Gasteiger partial charge in [-0.2, -0.15) is 0 Å². The number of nitrogens with zero attached hydrogens (tertiary/aromatic N) is 1. The zero-order valence-electron chi connectivity index (χ0n) is 14.1. The number of hydrogen-bond acceptors (Lipinski definition) is 5. The first-order valence-corrected chi connectivity index (χ1v) is 9.32. The van der Waals surface area contributed by atoms with E-state index in [4.69, 9.17) is 9.47 Å². The zero-order chi connectivity index (χ0) is 17.5. The van der Waals surface area contributed by atoms with Gasteiger partial charge in [-0.15, -0.1) is 0 Å². The summed E-state index contributed by atoms with van der Waals surface area (Å²) in [5, 5.41) is 0. The molecular weight excluding hydrogens is 318 g/mol. The lowest BCUT2D eigenvalue weighted by Gasteiger charge is -2.25. The molecule has 0 heterocycles. The highest BCUT2D eigenvalue weighted by molar-refractivity contribution is 7.91. The molecule has 0 spiro atoms. The molecule has 0 aromatic heterocycles. The largest absolute Gasteiger partial charge is 0.491 e. The van der Waals surface area contributed by atoms with Crippen molar-refractivity contribution in [3.8, 4) is 5.75 Å². The van der Waals surface area contributed by atoms with Crippen molar-refractivity contribution in [2.75, 3.05) is 38.9 Å². The predicted molar refractivity (Wildman–Crippen MR) is 89.7 cm³/mol. The van der Waals surface area contributed by atoms with E-state index in [9.17, 15) is 13.2 Å². The molecule has 0 aliphatic rings. The molecule has 1 atom stereocenters. The average molecular weight is 343 g/mol. The summed E-state index contributed by atoms with van der Waals surface area (Å²) in [6.45, 7) is 4.19. The zero-order valence-corrected chi connectivity index (χ0v) is 14.9. The number of benzene rings is 1. The molecule has 0 unspecified atom stereocenters. The molecule has 130 valence electrons. The third-order valence-corrected chi connectivity index (χ3v) is 5.42. The molecule has 1 aromatic rings. The summed E-state index contributed by atoms with van der Waals surface area (Å²) in [4.78, 5) is 13.9. The lowest BCUT2D eigenvalue weighted by atomic mass is 10.1. The van der Waals surface area contributed by atoms with E-state index in [1.807, 2.05) is 0 Å². The van der Waals surface area contributed by atoms with Gasteiger partial charge in [0.1, 0.15) is 12.4 Å². The van der Waals surface area contributed by atoms with Gasteiger partial charge in [0.15, 0.2) is 9.84 Å². The second-order valence-electron chi connectivity index (χ2n) is 5.33. The van der Waals surface area contributed by atoms with Gasteiger partial charge in [0.05, 0.1) is 12.4 Å². The second kappa shape index (κ2) is 8.88. The Balaban J connectivity index is 2.77. The Morgan fingerprint density at radius 1 is 1.30 bits per heavy atom. The quantitative estimate of drug-likeness (QED) is 0.637. The van der Waals surface area contributed by atoms with E-state index in [0.717, 1.165) is 0 Å². The van der Waals surface area contributed by atoms with E-state index >= 15 is 0 Å². The summed E-state index contributed by atoms with van der Waals surface area (Å²) in [6.07, 6.45) is 0. The lowest BCUT2D eigenvalue weighted by Crippen LogP contribution is -2.39. The van der Waals surface area contributed by atoms with Gasteiger partial charge in [-0.05, 0) is 25.1 Å². The summed E-state index contributed by atoms with van der Waals surface area (Å²) in [6, 6.07) is 6.43. The van der Waals surface area contributed by atoms with Crippen LogP contribution >= 0.6 is 0 Å². The number of rotatable bonds is 9. The third kappa shape index (κ3) is 6.19. The molecule has 1 aromatic carbocycles. The molecular formula is C16H25NO5S. The lowest BCUT2D eigenvalue weighted by molar-refractivity contribution is 0.0756. The Bertz CT molecular complexity index is 615. The number of hydrogen-bond donors (Lipinski definition) is 0. The number of sulfone groups is 1. The molecule has 0 N–H and O–H groups in total. The van der Waals surface area contributed by atoms with Crippen molar-refractivity contribution in [1.82, 2.24) is 4.90 Å². The Morgan fingerprint density at radius 3 is 2.61 bits per heavy atom. The van der Waals surface area contributed by atoms with Crippen molar-refractivity contribution in [3.05, 3.63) is 29.8 Å².